The molecule has 0 unspecified atom stereocenters. The Bertz CT molecular complexity index is 733. The monoisotopic (exact) mass is 446 g/mol. The number of amides is 1. The van der Waals surface area contributed by atoms with Gasteiger partial charge in [0.1, 0.15) is 12.1 Å². The van der Waals surface area contributed by atoms with E-state index in [0.29, 0.717) is 19.3 Å². The number of hydrogen-bond acceptors (Lipinski definition) is 5. The van der Waals surface area contributed by atoms with E-state index in [1.807, 2.05) is 30.3 Å². The second-order valence-corrected chi connectivity index (χ2v) is 8.52. The summed E-state index contributed by atoms with van der Waals surface area (Å²) in [7, 11) is 0. The number of esters is 1. The van der Waals surface area contributed by atoms with Crippen molar-refractivity contribution in [3.05, 3.63) is 35.9 Å². The van der Waals surface area contributed by atoms with Gasteiger partial charge in [-0.05, 0) is 51.5 Å². The van der Waals surface area contributed by atoms with Crippen molar-refractivity contribution in [2.75, 3.05) is 6.61 Å². The molecular formula is C25H38N2O5. The molecule has 178 valence electrons. The maximum Gasteiger partial charge on any atom is 0.326 e. The minimum atomic E-state index is -0.982. The molecule has 32 heavy (non-hydrogen) atoms. The largest absolute Gasteiger partial charge is 0.480 e. The van der Waals surface area contributed by atoms with Crippen LogP contribution < -0.4 is 5.32 Å². The van der Waals surface area contributed by atoms with Gasteiger partial charge >= 0.3 is 11.9 Å². The molecule has 7 heteroatoms. The van der Waals surface area contributed by atoms with Crippen LogP contribution in [-0.2, 0) is 25.5 Å². The van der Waals surface area contributed by atoms with Gasteiger partial charge in [-0.3, -0.25) is 14.9 Å². The van der Waals surface area contributed by atoms with Crippen LogP contribution in [-0.4, -0.2) is 58.6 Å². The first-order valence-electron chi connectivity index (χ1n) is 11.9. The molecule has 0 aromatic heterocycles. The second kappa shape index (κ2) is 13.2. The lowest BCUT2D eigenvalue weighted by Gasteiger charge is -2.40. The summed E-state index contributed by atoms with van der Waals surface area (Å²) >= 11 is 0. The maximum absolute atomic E-state index is 13.5. The first-order valence-corrected chi connectivity index (χ1v) is 11.9. The molecular weight excluding hydrogens is 408 g/mol. The van der Waals surface area contributed by atoms with Crippen molar-refractivity contribution >= 4 is 17.8 Å². The molecule has 1 aromatic carbocycles. The lowest BCUT2D eigenvalue weighted by atomic mass is 9.92. The molecule has 0 spiro atoms. The zero-order chi connectivity index (χ0) is 23.5. The van der Waals surface area contributed by atoms with E-state index in [4.69, 9.17) is 4.74 Å². The number of rotatable bonds is 12. The zero-order valence-corrected chi connectivity index (χ0v) is 19.6. The molecule has 0 radical (unpaired) electrons. The highest BCUT2D eigenvalue weighted by molar-refractivity contribution is 5.88. The number of carbonyl (C=O) groups excluding carboxylic acids is 2. The molecule has 1 aliphatic carbocycles. The van der Waals surface area contributed by atoms with Crippen molar-refractivity contribution in [2.24, 2.45) is 0 Å². The predicted octanol–water partition coefficient (Wildman–Crippen LogP) is 3.55. The Morgan fingerprint density at radius 3 is 2.34 bits per heavy atom. The van der Waals surface area contributed by atoms with E-state index in [-0.39, 0.29) is 18.6 Å². The lowest BCUT2D eigenvalue weighted by molar-refractivity contribution is -0.155. The summed E-state index contributed by atoms with van der Waals surface area (Å²) in [6.07, 6.45) is 6.23. The van der Waals surface area contributed by atoms with Crippen LogP contribution in [0.2, 0.25) is 0 Å². The van der Waals surface area contributed by atoms with E-state index in [2.05, 4.69) is 5.32 Å². The van der Waals surface area contributed by atoms with E-state index in [9.17, 15) is 19.5 Å². The molecule has 1 aliphatic rings. The Hall–Kier alpha value is -2.41. The number of aliphatic carboxylic acids is 1. The van der Waals surface area contributed by atoms with Crippen molar-refractivity contribution in [1.82, 2.24) is 10.2 Å². The normalized spacial score (nSPS) is 17.2. The number of nitrogens with one attached hydrogen (secondary N) is 1. The summed E-state index contributed by atoms with van der Waals surface area (Å²) < 4.78 is 5.24. The molecule has 1 amide bonds. The third-order valence-electron chi connectivity index (χ3n) is 6.19. The van der Waals surface area contributed by atoms with Gasteiger partial charge in [0.2, 0.25) is 5.91 Å². The zero-order valence-electron chi connectivity index (χ0n) is 19.6. The molecule has 0 bridgehead atoms. The Morgan fingerprint density at radius 2 is 1.78 bits per heavy atom. The van der Waals surface area contributed by atoms with Gasteiger partial charge in [0.25, 0.3) is 0 Å². The van der Waals surface area contributed by atoms with Gasteiger partial charge in [-0.1, -0.05) is 56.5 Å². The molecule has 3 atom stereocenters. The van der Waals surface area contributed by atoms with Crippen LogP contribution in [0.25, 0.3) is 0 Å². The highest BCUT2D eigenvalue weighted by Crippen LogP contribution is 2.26. The average Bonchev–Trinajstić information content (AvgIpc) is 2.80. The minimum absolute atomic E-state index is 0.0769. The number of carbonyl (C=O) groups is 3. The Morgan fingerprint density at radius 1 is 1.12 bits per heavy atom. The predicted molar refractivity (Wildman–Crippen MR) is 123 cm³/mol. The van der Waals surface area contributed by atoms with Crippen molar-refractivity contribution in [3.63, 3.8) is 0 Å². The topological polar surface area (TPSA) is 95.9 Å². The Kier molecular flexibility index (Phi) is 10.7. The number of ether oxygens (including phenoxy) is 1. The van der Waals surface area contributed by atoms with Gasteiger partial charge in [-0.2, -0.15) is 0 Å². The van der Waals surface area contributed by atoms with E-state index in [1.165, 1.54) is 0 Å². The summed E-state index contributed by atoms with van der Waals surface area (Å²) in [5.74, 6) is -1.64. The molecule has 1 saturated carbocycles. The van der Waals surface area contributed by atoms with Crippen LogP contribution in [0.15, 0.2) is 30.3 Å². The van der Waals surface area contributed by atoms with Gasteiger partial charge in [0.05, 0.1) is 12.6 Å². The first kappa shape index (κ1) is 25.8. The van der Waals surface area contributed by atoms with E-state index in [0.717, 1.165) is 37.7 Å². The van der Waals surface area contributed by atoms with Crippen LogP contribution in [0.3, 0.4) is 0 Å². The van der Waals surface area contributed by atoms with E-state index in [1.54, 1.807) is 25.7 Å². The van der Waals surface area contributed by atoms with Gasteiger partial charge in [0, 0.05) is 6.04 Å². The molecule has 1 fully saturated rings. The Balaban J connectivity index is 2.15. The van der Waals surface area contributed by atoms with Gasteiger partial charge < -0.3 is 14.7 Å². The number of carboxylic acids is 1. The standard InChI is InChI=1S/C25H38N2O5/c1-4-22(24(29)30)27(20-14-10-7-11-15-20)23(28)18(3)26-21(25(31)32-5-2)17-16-19-12-8-6-9-13-19/h6,8-9,12-13,18,20-22,26H,4-5,7,10-11,14-17H2,1-3H3,(H,29,30)/t18-,21-,22+/m0/s1. The molecule has 0 heterocycles. The molecule has 1 aromatic rings. The first-order chi connectivity index (χ1) is 15.4. The number of aryl methyl sites for hydroxylation is 1. The van der Waals surface area contributed by atoms with Crippen LogP contribution in [0.4, 0.5) is 0 Å². The molecule has 2 rings (SSSR count). The summed E-state index contributed by atoms with van der Waals surface area (Å²) in [6, 6.07) is 7.56. The Labute approximate surface area is 191 Å². The fourth-order valence-electron chi connectivity index (χ4n) is 4.50. The maximum atomic E-state index is 13.5. The smallest absolute Gasteiger partial charge is 0.326 e. The van der Waals surface area contributed by atoms with E-state index < -0.39 is 30.1 Å². The quantitative estimate of drug-likeness (QED) is 0.477. The van der Waals surface area contributed by atoms with Crippen molar-refractivity contribution in [2.45, 2.75) is 96.3 Å². The number of nitrogens with zero attached hydrogens (tertiary/aromatic N) is 1. The summed E-state index contributed by atoms with van der Waals surface area (Å²) in [5, 5.41) is 12.9. The van der Waals surface area contributed by atoms with Gasteiger partial charge in [-0.25, -0.2) is 4.79 Å². The van der Waals surface area contributed by atoms with E-state index >= 15 is 0 Å². The fourth-order valence-corrected chi connectivity index (χ4v) is 4.50. The summed E-state index contributed by atoms with van der Waals surface area (Å²) in [6.45, 7) is 5.52. The van der Waals surface area contributed by atoms with Crippen LogP contribution in [0.1, 0.15) is 71.3 Å². The van der Waals surface area contributed by atoms with Crippen LogP contribution in [0.5, 0.6) is 0 Å². The number of carboxylic acid groups (broad SMARTS) is 1. The summed E-state index contributed by atoms with van der Waals surface area (Å²) in [4.78, 5) is 39.6. The molecule has 2 N–H and O–H groups in total. The highest BCUT2D eigenvalue weighted by Gasteiger charge is 2.37. The van der Waals surface area contributed by atoms with Crippen molar-refractivity contribution in [3.8, 4) is 0 Å². The van der Waals surface area contributed by atoms with Gasteiger partial charge in [0.15, 0.2) is 0 Å². The minimum Gasteiger partial charge on any atom is -0.480 e. The highest BCUT2D eigenvalue weighted by atomic mass is 16.5. The summed E-state index contributed by atoms with van der Waals surface area (Å²) in [5.41, 5.74) is 1.10. The average molecular weight is 447 g/mol. The third-order valence-corrected chi connectivity index (χ3v) is 6.19. The van der Waals surface area contributed by atoms with Crippen LogP contribution in [0, 0.1) is 0 Å². The number of hydrogen-bond donors (Lipinski definition) is 2. The molecule has 0 aliphatic heterocycles. The molecule has 0 saturated heterocycles. The second-order valence-electron chi connectivity index (χ2n) is 8.52. The molecule has 7 nitrogen and oxygen atoms in total. The van der Waals surface area contributed by atoms with Crippen LogP contribution >= 0.6 is 0 Å². The SMILES string of the molecule is CCOC(=O)[C@H](CCc1ccccc1)N[C@@H](C)C(=O)N(C1CCCCC1)[C@H](CC)C(=O)O. The fraction of sp³-hybridized carbons (Fsp3) is 0.640. The van der Waals surface area contributed by atoms with Gasteiger partial charge in [-0.15, -0.1) is 0 Å². The lowest BCUT2D eigenvalue weighted by Crippen LogP contribution is -2.58. The number of benzene rings is 1. The van der Waals surface area contributed by atoms with Crippen molar-refractivity contribution < 1.29 is 24.2 Å². The van der Waals surface area contributed by atoms with Crippen molar-refractivity contribution in [1.29, 1.82) is 0 Å². The third kappa shape index (κ3) is 7.33.